The van der Waals surface area contributed by atoms with Crippen molar-refractivity contribution in [2.45, 2.75) is 70.6 Å². The van der Waals surface area contributed by atoms with E-state index in [0.29, 0.717) is 29.9 Å². The van der Waals surface area contributed by atoms with Crippen LogP contribution in [0.15, 0.2) is 24.3 Å². The van der Waals surface area contributed by atoms with Gasteiger partial charge in [0.25, 0.3) is 5.91 Å². The van der Waals surface area contributed by atoms with Gasteiger partial charge in [-0.3, -0.25) is 10.1 Å². The minimum absolute atomic E-state index is 0.128. The normalized spacial score (nSPS) is 28.4. The molecule has 1 aromatic rings. The number of hydrogen-bond donors (Lipinski definition) is 2. The number of benzene rings is 1. The summed E-state index contributed by atoms with van der Waals surface area (Å²) in [5, 5.41) is 5.39. The Kier molecular flexibility index (Phi) is 6.32. The highest BCUT2D eigenvalue weighted by Gasteiger charge is 2.51. The fraction of sp³-hybridized carbons (Fsp3) is 0.625. The van der Waals surface area contributed by atoms with Crippen LogP contribution in [0.2, 0.25) is 0 Å². The van der Waals surface area contributed by atoms with Gasteiger partial charge in [-0.05, 0) is 87.8 Å². The first-order valence-corrected chi connectivity index (χ1v) is 11.3. The molecular formula is C24H32N2O5. The molecule has 0 atom stereocenters. The Labute approximate surface area is 183 Å². The van der Waals surface area contributed by atoms with Gasteiger partial charge < -0.3 is 14.8 Å². The maximum Gasteiger partial charge on any atom is 0.338 e. The molecule has 3 amide bonds. The fourth-order valence-electron chi connectivity index (χ4n) is 5.91. The highest BCUT2D eigenvalue weighted by atomic mass is 16.5. The zero-order chi connectivity index (χ0) is 22.0. The third-order valence-electron chi connectivity index (χ3n) is 6.78. The molecule has 0 spiro atoms. The number of hydrogen-bond acceptors (Lipinski definition) is 5. The second-order valence-electron chi connectivity index (χ2n) is 9.83. The molecule has 0 radical (unpaired) electrons. The maximum atomic E-state index is 12.4. The van der Waals surface area contributed by atoms with Crippen LogP contribution in [0.4, 0.5) is 4.79 Å². The molecule has 31 heavy (non-hydrogen) atoms. The number of urea groups is 1. The Balaban J connectivity index is 1.21. The minimum Gasteiger partial charge on any atom is -0.452 e. The van der Waals surface area contributed by atoms with Gasteiger partial charge in [0, 0.05) is 5.54 Å². The standard InChI is InChI=1S/C24H32N2O5/c1-15(2)30-13-16-3-5-20(6-4-16)22(28)31-14-21(27)25-23(29)26-24-10-17-7-18(11-24)9-19(8-17)12-24/h3-6,15,17-19H,7-14H2,1-2H3,(H2,25,26,27,29). The lowest BCUT2D eigenvalue weighted by atomic mass is 9.53. The van der Waals surface area contributed by atoms with E-state index in [0.717, 1.165) is 24.8 Å². The molecule has 4 aliphatic rings. The molecule has 7 nitrogen and oxygen atoms in total. The fourth-order valence-corrected chi connectivity index (χ4v) is 5.91. The summed E-state index contributed by atoms with van der Waals surface area (Å²) in [5.41, 5.74) is 1.13. The Morgan fingerprint density at radius 3 is 2.13 bits per heavy atom. The monoisotopic (exact) mass is 428 g/mol. The molecule has 168 valence electrons. The lowest BCUT2D eigenvalue weighted by Gasteiger charge is -2.56. The summed E-state index contributed by atoms with van der Waals surface area (Å²) in [6, 6.07) is 6.37. The third kappa shape index (κ3) is 5.45. The molecule has 0 saturated heterocycles. The van der Waals surface area contributed by atoms with E-state index in [2.05, 4.69) is 10.6 Å². The van der Waals surface area contributed by atoms with E-state index < -0.39 is 24.5 Å². The van der Waals surface area contributed by atoms with Crippen LogP contribution >= 0.6 is 0 Å². The summed E-state index contributed by atoms with van der Waals surface area (Å²) in [5.74, 6) is 0.870. The van der Waals surface area contributed by atoms with Crippen molar-refractivity contribution in [3.05, 3.63) is 35.4 Å². The van der Waals surface area contributed by atoms with Crippen molar-refractivity contribution in [3.8, 4) is 0 Å². The number of esters is 1. The van der Waals surface area contributed by atoms with Gasteiger partial charge in [-0.25, -0.2) is 9.59 Å². The summed E-state index contributed by atoms with van der Waals surface area (Å²) in [4.78, 5) is 36.7. The number of carbonyl (C=O) groups excluding carboxylic acids is 3. The second kappa shape index (κ2) is 8.99. The van der Waals surface area contributed by atoms with Crippen LogP contribution in [0.25, 0.3) is 0 Å². The predicted octanol–water partition coefficient (Wildman–Crippen LogP) is 3.56. The molecule has 4 bridgehead atoms. The van der Waals surface area contributed by atoms with Gasteiger partial charge in [-0.1, -0.05) is 12.1 Å². The predicted molar refractivity (Wildman–Crippen MR) is 114 cm³/mol. The van der Waals surface area contributed by atoms with Crippen LogP contribution in [0, 0.1) is 17.8 Å². The largest absolute Gasteiger partial charge is 0.452 e. The van der Waals surface area contributed by atoms with Crippen molar-refractivity contribution in [3.63, 3.8) is 0 Å². The topological polar surface area (TPSA) is 93.7 Å². The number of amides is 3. The molecule has 0 heterocycles. The second-order valence-corrected chi connectivity index (χ2v) is 9.83. The average Bonchev–Trinajstić information content (AvgIpc) is 2.69. The Morgan fingerprint density at radius 1 is 1.00 bits per heavy atom. The number of carbonyl (C=O) groups is 3. The van der Waals surface area contributed by atoms with Crippen molar-refractivity contribution in [2.75, 3.05) is 6.61 Å². The number of ether oxygens (including phenoxy) is 2. The Bertz CT molecular complexity index is 798. The van der Waals surface area contributed by atoms with Crippen LogP contribution in [0.1, 0.15) is 68.3 Å². The van der Waals surface area contributed by atoms with E-state index in [1.54, 1.807) is 24.3 Å². The van der Waals surface area contributed by atoms with E-state index in [-0.39, 0.29) is 11.6 Å². The van der Waals surface area contributed by atoms with Crippen LogP contribution in [0.3, 0.4) is 0 Å². The van der Waals surface area contributed by atoms with Crippen molar-refractivity contribution in [1.29, 1.82) is 0 Å². The zero-order valence-electron chi connectivity index (χ0n) is 18.3. The first-order valence-electron chi connectivity index (χ1n) is 11.3. The molecule has 4 saturated carbocycles. The molecule has 0 unspecified atom stereocenters. The summed E-state index contributed by atoms with van der Waals surface area (Å²) >= 11 is 0. The molecule has 4 aliphatic carbocycles. The molecule has 7 heteroatoms. The lowest BCUT2D eigenvalue weighted by Crippen LogP contribution is -2.62. The minimum atomic E-state index is -0.627. The van der Waals surface area contributed by atoms with Crippen LogP contribution < -0.4 is 10.6 Å². The zero-order valence-corrected chi connectivity index (χ0v) is 18.3. The number of nitrogens with one attached hydrogen (secondary N) is 2. The Morgan fingerprint density at radius 2 is 1.58 bits per heavy atom. The van der Waals surface area contributed by atoms with Crippen molar-refractivity contribution < 1.29 is 23.9 Å². The summed E-state index contributed by atoms with van der Waals surface area (Å²) in [7, 11) is 0. The SMILES string of the molecule is CC(C)OCc1ccc(C(=O)OCC(=O)NC(=O)NC23CC4CC(CC(C4)C2)C3)cc1. The van der Waals surface area contributed by atoms with Crippen LogP contribution in [0.5, 0.6) is 0 Å². The highest BCUT2D eigenvalue weighted by molar-refractivity contribution is 5.97. The van der Waals surface area contributed by atoms with Gasteiger partial charge in [0.15, 0.2) is 6.61 Å². The van der Waals surface area contributed by atoms with Gasteiger partial charge in [0.2, 0.25) is 0 Å². The summed E-state index contributed by atoms with van der Waals surface area (Å²) in [6.07, 6.45) is 6.99. The van der Waals surface area contributed by atoms with Gasteiger partial charge in [-0.15, -0.1) is 0 Å². The molecule has 4 fully saturated rings. The quantitative estimate of drug-likeness (QED) is 0.648. The van der Waals surface area contributed by atoms with E-state index in [1.165, 1.54) is 19.3 Å². The van der Waals surface area contributed by atoms with Gasteiger partial charge in [-0.2, -0.15) is 0 Å². The molecule has 5 rings (SSSR count). The third-order valence-corrected chi connectivity index (χ3v) is 6.78. The molecule has 0 aromatic heterocycles. The molecular weight excluding hydrogens is 396 g/mol. The number of rotatable bonds is 7. The van der Waals surface area contributed by atoms with E-state index >= 15 is 0 Å². The van der Waals surface area contributed by atoms with Crippen LogP contribution in [-0.4, -0.2) is 36.2 Å². The number of imide groups is 1. The van der Waals surface area contributed by atoms with Crippen molar-refractivity contribution >= 4 is 17.9 Å². The van der Waals surface area contributed by atoms with Gasteiger partial charge >= 0.3 is 12.0 Å². The van der Waals surface area contributed by atoms with Gasteiger partial charge in [0.1, 0.15) is 0 Å². The highest BCUT2D eigenvalue weighted by Crippen LogP contribution is 2.55. The first kappa shape index (κ1) is 21.8. The van der Waals surface area contributed by atoms with Crippen molar-refractivity contribution in [2.24, 2.45) is 17.8 Å². The van der Waals surface area contributed by atoms with Crippen LogP contribution in [-0.2, 0) is 20.9 Å². The average molecular weight is 429 g/mol. The summed E-state index contributed by atoms with van der Waals surface area (Å²) < 4.78 is 10.6. The maximum absolute atomic E-state index is 12.4. The smallest absolute Gasteiger partial charge is 0.338 e. The van der Waals surface area contributed by atoms with E-state index in [4.69, 9.17) is 9.47 Å². The summed E-state index contributed by atoms with van der Waals surface area (Å²) in [6.45, 7) is 3.89. The Hall–Kier alpha value is -2.41. The first-order chi connectivity index (χ1) is 14.8. The van der Waals surface area contributed by atoms with Crippen molar-refractivity contribution in [1.82, 2.24) is 10.6 Å². The lowest BCUT2D eigenvalue weighted by molar-refractivity contribution is -0.123. The van der Waals surface area contributed by atoms with E-state index in [9.17, 15) is 14.4 Å². The van der Waals surface area contributed by atoms with Gasteiger partial charge in [0.05, 0.1) is 18.3 Å². The molecule has 0 aliphatic heterocycles. The molecule has 2 N–H and O–H groups in total. The molecule has 1 aromatic carbocycles. The van der Waals surface area contributed by atoms with E-state index in [1.807, 2.05) is 13.8 Å².